The molecule has 0 aromatic heterocycles. The molecule has 1 unspecified atom stereocenters. The molecule has 2 aromatic rings. The molecule has 2 amide bonds. The number of phenolic OH excluding ortho intramolecular Hbond substituents is 1. The summed E-state index contributed by atoms with van der Waals surface area (Å²) < 4.78 is 11.4. The second-order valence-electron chi connectivity index (χ2n) is 7.85. The summed E-state index contributed by atoms with van der Waals surface area (Å²) >= 11 is 0. The van der Waals surface area contributed by atoms with Gasteiger partial charge >= 0.3 is 0 Å². The smallest absolute Gasteiger partial charge is 0.261 e. The van der Waals surface area contributed by atoms with E-state index in [1.165, 1.54) is 0 Å². The van der Waals surface area contributed by atoms with Crippen molar-refractivity contribution in [2.24, 2.45) is 0 Å². The first kappa shape index (κ1) is 26.6. The standard InChI is InChI=1S/C26H31NO7/c1-20-16-24(11-12-25(20)26(32)27(19-30)21(18-29)8-7-13-28)34-15-5-3-2-4-14-33-23-10-6-9-22(31)17-23/h6,9-13,16-19,21,31H,2-5,7-8,14-15H2,1H3. The molecule has 2 aromatic carbocycles. The Kier molecular flexibility index (Phi) is 11.3. The van der Waals surface area contributed by atoms with E-state index in [0.29, 0.717) is 54.8 Å². The van der Waals surface area contributed by atoms with Gasteiger partial charge in [0.25, 0.3) is 5.91 Å². The van der Waals surface area contributed by atoms with Crippen molar-refractivity contribution >= 4 is 24.9 Å². The topological polar surface area (TPSA) is 110 Å². The molecule has 0 aliphatic heterocycles. The maximum Gasteiger partial charge on any atom is 0.261 e. The number of imide groups is 1. The number of nitrogens with zero attached hydrogens (tertiary/aromatic N) is 1. The zero-order chi connectivity index (χ0) is 24.8. The highest BCUT2D eigenvalue weighted by Crippen LogP contribution is 2.21. The number of unbranched alkanes of at least 4 members (excludes halogenated alkanes) is 3. The third-order valence-corrected chi connectivity index (χ3v) is 5.26. The van der Waals surface area contributed by atoms with Crippen LogP contribution in [-0.4, -0.2) is 54.2 Å². The summed E-state index contributed by atoms with van der Waals surface area (Å²) in [6, 6.07) is 10.7. The number of aryl methyl sites for hydroxylation is 1. The Morgan fingerprint density at radius 1 is 0.971 bits per heavy atom. The highest BCUT2D eigenvalue weighted by atomic mass is 16.5. The molecule has 1 N–H and O–H groups in total. The summed E-state index contributed by atoms with van der Waals surface area (Å²) in [5, 5.41) is 9.41. The second-order valence-corrected chi connectivity index (χ2v) is 7.85. The number of amides is 2. The van der Waals surface area contributed by atoms with Gasteiger partial charge < -0.3 is 24.2 Å². The van der Waals surface area contributed by atoms with Crippen LogP contribution in [-0.2, 0) is 14.4 Å². The first-order chi connectivity index (χ1) is 16.5. The van der Waals surface area contributed by atoms with Crippen LogP contribution in [0.2, 0.25) is 0 Å². The lowest BCUT2D eigenvalue weighted by molar-refractivity contribution is -0.123. The average Bonchev–Trinajstić information content (AvgIpc) is 2.83. The lowest BCUT2D eigenvalue weighted by Gasteiger charge is -2.22. The van der Waals surface area contributed by atoms with Gasteiger partial charge in [-0.1, -0.05) is 6.07 Å². The monoisotopic (exact) mass is 469 g/mol. The SMILES string of the molecule is Cc1cc(OCCCCCCOc2cccc(O)c2)ccc1C(=O)N(C=O)C(C=O)CCC=O. The van der Waals surface area contributed by atoms with E-state index < -0.39 is 11.9 Å². The minimum absolute atomic E-state index is 0.0807. The number of aromatic hydroxyl groups is 1. The fourth-order valence-corrected chi connectivity index (χ4v) is 3.40. The van der Waals surface area contributed by atoms with Crippen LogP contribution in [0, 0.1) is 6.92 Å². The molecular weight excluding hydrogens is 438 g/mol. The fraction of sp³-hybridized carbons (Fsp3) is 0.385. The first-order valence-corrected chi connectivity index (χ1v) is 11.3. The predicted molar refractivity (Wildman–Crippen MR) is 126 cm³/mol. The molecule has 0 heterocycles. The van der Waals surface area contributed by atoms with E-state index in [0.717, 1.165) is 30.6 Å². The molecule has 8 heteroatoms. The Morgan fingerprint density at radius 3 is 2.21 bits per heavy atom. The van der Waals surface area contributed by atoms with Gasteiger partial charge in [-0.2, -0.15) is 0 Å². The Balaban J connectivity index is 1.74. The van der Waals surface area contributed by atoms with E-state index in [1.54, 1.807) is 49.4 Å². The van der Waals surface area contributed by atoms with Gasteiger partial charge in [-0.3, -0.25) is 14.5 Å². The maximum absolute atomic E-state index is 12.7. The molecule has 0 saturated carbocycles. The fourth-order valence-electron chi connectivity index (χ4n) is 3.40. The van der Waals surface area contributed by atoms with Gasteiger partial charge in [0.05, 0.1) is 19.3 Å². The third kappa shape index (κ3) is 8.35. The molecule has 182 valence electrons. The second kappa shape index (κ2) is 14.5. The summed E-state index contributed by atoms with van der Waals surface area (Å²) in [6.45, 7) is 2.84. The molecular formula is C26H31NO7. The molecule has 8 nitrogen and oxygen atoms in total. The van der Waals surface area contributed by atoms with Gasteiger partial charge in [-0.25, -0.2) is 0 Å². The van der Waals surface area contributed by atoms with Crippen molar-refractivity contribution in [1.82, 2.24) is 4.90 Å². The van der Waals surface area contributed by atoms with Crippen molar-refractivity contribution < 1.29 is 33.8 Å². The summed E-state index contributed by atoms with van der Waals surface area (Å²) in [7, 11) is 0. The van der Waals surface area contributed by atoms with Gasteiger partial charge in [0.2, 0.25) is 6.41 Å². The van der Waals surface area contributed by atoms with Crippen molar-refractivity contribution in [1.29, 1.82) is 0 Å². The zero-order valence-corrected chi connectivity index (χ0v) is 19.4. The quantitative estimate of drug-likeness (QED) is 0.294. The number of hydrogen-bond acceptors (Lipinski definition) is 7. The molecule has 0 spiro atoms. The van der Waals surface area contributed by atoms with Crippen molar-refractivity contribution in [3.63, 3.8) is 0 Å². The van der Waals surface area contributed by atoms with Crippen LogP contribution < -0.4 is 9.47 Å². The number of benzene rings is 2. The number of carbonyl (C=O) groups excluding carboxylic acids is 4. The summed E-state index contributed by atoms with van der Waals surface area (Å²) in [5.74, 6) is 0.865. The first-order valence-electron chi connectivity index (χ1n) is 11.3. The molecule has 0 aliphatic rings. The van der Waals surface area contributed by atoms with Crippen molar-refractivity contribution in [2.75, 3.05) is 13.2 Å². The molecule has 34 heavy (non-hydrogen) atoms. The van der Waals surface area contributed by atoms with Crippen molar-refractivity contribution in [2.45, 2.75) is 51.5 Å². The van der Waals surface area contributed by atoms with Gasteiger partial charge in [0, 0.05) is 18.1 Å². The number of ether oxygens (including phenoxy) is 2. The van der Waals surface area contributed by atoms with E-state index in [-0.39, 0.29) is 18.6 Å². The van der Waals surface area contributed by atoms with Crippen LogP contribution in [0.4, 0.5) is 0 Å². The van der Waals surface area contributed by atoms with Crippen LogP contribution in [0.25, 0.3) is 0 Å². The van der Waals surface area contributed by atoms with Gasteiger partial charge in [-0.05, 0) is 74.9 Å². The summed E-state index contributed by atoms with van der Waals surface area (Å²) in [5.41, 5.74) is 0.919. The Bertz CT molecular complexity index is 960. The lowest BCUT2D eigenvalue weighted by Crippen LogP contribution is -2.40. The Labute approximate surface area is 199 Å². The average molecular weight is 470 g/mol. The number of hydrogen-bond donors (Lipinski definition) is 1. The Morgan fingerprint density at radius 2 is 1.65 bits per heavy atom. The molecule has 0 radical (unpaired) electrons. The molecule has 0 bridgehead atoms. The molecule has 0 aliphatic carbocycles. The lowest BCUT2D eigenvalue weighted by atomic mass is 10.1. The molecule has 2 rings (SSSR count). The highest BCUT2D eigenvalue weighted by molar-refractivity contribution is 6.02. The highest BCUT2D eigenvalue weighted by Gasteiger charge is 2.25. The van der Waals surface area contributed by atoms with Crippen LogP contribution >= 0.6 is 0 Å². The van der Waals surface area contributed by atoms with Crippen LogP contribution in [0.15, 0.2) is 42.5 Å². The van der Waals surface area contributed by atoms with Gasteiger partial charge in [-0.15, -0.1) is 0 Å². The van der Waals surface area contributed by atoms with Crippen LogP contribution in [0.1, 0.15) is 54.4 Å². The van der Waals surface area contributed by atoms with Crippen molar-refractivity contribution in [3.05, 3.63) is 53.6 Å². The summed E-state index contributed by atoms with van der Waals surface area (Å²) in [4.78, 5) is 46.9. The number of aldehydes is 2. The van der Waals surface area contributed by atoms with E-state index in [4.69, 9.17) is 9.47 Å². The van der Waals surface area contributed by atoms with Gasteiger partial charge in [0.15, 0.2) is 0 Å². The number of phenols is 1. The van der Waals surface area contributed by atoms with Crippen LogP contribution in [0.5, 0.6) is 17.2 Å². The van der Waals surface area contributed by atoms with E-state index >= 15 is 0 Å². The normalized spacial score (nSPS) is 11.3. The van der Waals surface area contributed by atoms with E-state index in [9.17, 15) is 24.3 Å². The minimum atomic E-state index is -0.976. The largest absolute Gasteiger partial charge is 0.508 e. The van der Waals surface area contributed by atoms with E-state index in [2.05, 4.69) is 0 Å². The van der Waals surface area contributed by atoms with E-state index in [1.807, 2.05) is 0 Å². The van der Waals surface area contributed by atoms with Crippen LogP contribution in [0.3, 0.4) is 0 Å². The third-order valence-electron chi connectivity index (χ3n) is 5.26. The Hall–Kier alpha value is -3.68. The maximum atomic E-state index is 12.7. The minimum Gasteiger partial charge on any atom is -0.508 e. The molecule has 1 atom stereocenters. The number of carbonyl (C=O) groups is 4. The van der Waals surface area contributed by atoms with Crippen molar-refractivity contribution in [3.8, 4) is 17.2 Å². The van der Waals surface area contributed by atoms with Gasteiger partial charge in [0.1, 0.15) is 29.8 Å². The predicted octanol–water partition coefficient (Wildman–Crippen LogP) is 3.86. The zero-order valence-electron chi connectivity index (χ0n) is 19.4. The number of rotatable bonds is 16. The molecule has 0 saturated heterocycles. The molecule has 0 fully saturated rings. The summed E-state index contributed by atoms with van der Waals surface area (Å²) in [6.07, 6.45) is 5.37.